The number of aromatic nitrogens is 10. The summed E-state index contributed by atoms with van der Waals surface area (Å²) < 4.78 is 41.6. The van der Waals surface area contributed by atoms with E-state index in [0.29, 0.717) is 55.5 Å². The lowest BCUT2D eigenvalue weighted by Gasteiger charge is -2.06. The van der Waals surface area contributed by atoms with Crippen LogP contribution in [0.3, 0.4) is 0 Å². The van der Waals surface area contributed by atoms with E-state index in [9.17, 15) is 28.0 Å². The van der Waals surface area contributed by atoms with Crippen LogP contribution in [0.25, 0.3) is 45.8 Å². The van der Waals surface area contributed by atoms with Crippen molar-refractivity contribution in [1.29, 1.82) is 0 Å². The molecule has 0 spiro atoms. The minimum atomic E-state index is -0.585. The van der Waals surface area contributed by atoms with Crippen molar-refractivity contribution in [2.45, 2.75) is 25.9 Å². The van der Waals surface area contributed by atoms with Gasteiger partial charge < -0.3 is 19.0 Å². The first-order chi connectivity index (χ1) is 28.9. The van der Waals surface area contributed by atoms with Crippen molar-refractivity contribution in [2.75, 3.05) is 0 Å². The molecule has 304 valence electrons. The van der Waals surface area contributed by atoms with Crippen LogP contribution in [0, 0.1) is 11.6 Å². The second-order valence-corrected chi connectivity index (χ2v) is 13.5. The van der Waals surface area contributed by atoms with Gasteiger partial charge in [-0.2, -0.15) is 14.6 Å². The standard InChI is InChI=1S/C17H10Cl2FN5O2.C17H12FN5O2.C4H4ClNO2/c18-14-15(19)21-16(22-17(14)26)12-7-13(11-5-6-27-24-11)25(23-12)8-9-3-1-2-4-10(9)20;18-12-4-2-1-3-11(12)10-23-15(13-6-8-25-22-13)9-14(21-23)17-19-7-5-16(24)20-17;5-6-3(7)1-2-4(6)8/h1-7H,8H2,(H,21,22,26);1-9H,10H2,(H,19,20,24);1-2H2. The van der Waals surface area contributed by atoms with Gasteiger partial charge in [0.05, 0.1) is 24.5 Å². The zero-order chi connectivity index (χ0) is 42.3. The normalized spacial score (nSPS) is 12.2. The van der Waals surface area contributed by atoms with Crippen LogP contribution in [-0.2, 0) is 22.7 Å². The maximum Gasteiger partial charge on any atom is 0.271 e. The molecule has 9 rings (SSSR count). The molecule has 1 fully saturated rings. The monoisotopic (exact) mass is 875 g/mol. The molecule has 0 saturated carbocycles. The molecule has 1 aliphatic rings. The molecule has 0 radical (unpaired) electrons. The minimum absolute atomic E-state index is 0.131. The van der Waals surface area contributed by atoms with Gasteiger partial charge in [-0.25, -0.2) is 18.7 Å². The third-order valence-corrected chi connectivity index (χ3v) is 9.58. The molecule has 0 bridgehead atoms. The highest BCUT2D eigenvalue weighted by Crippen LogP contribution is 2.27. The number of hydrogen-bond acceptors (Lipinski definition) is 12. The predicted molar refractivity (Wildman–Crippen MR) is 211 cm³/mol. The number of nitrogens with one attached hydrogen (secondary N) is 2. The summed E-state index contributed by atoms with van der Waals surface area (Å²) in [5, 5.41) is 16.3. The lowest BCUT2D eigenvalue weighted by atomic mass is 10.2. The van der Waals surface area contributed by atoms with Gasteiger partial charge in [0.15, 0.2) is 16.8 Å². The molecule has 2 aromatic carbocycles. The molecule has 17 nitrogen and oxygen atoms in total. The molecule has 8 aromatic rings. The Balaban J connectivity index is 0.000000154. The topological polar surface area (TPSA) is 217 Å². The highest BCUT2D eigenvalue weighted by Gasteiger charge is 2.27. The fraction of sp³-hybridized carbons (Fsp3) is 0.105. The van der Waals surface area contributed by atoms with E-state index in [1.807, 2.05) is 0 Å². The van der Waals surface area contributed by atoms with Gasteiger partial charge in [0, 0.05) is 60.1 Å². The third kappa shape index (κ3) is 9.44. The van der Waals surface area contributed by atoms with E-state index < -0.39 is 5.56 Å². The van der Waals surface area contributed by atoms with Crippen molar-refractivity contribution in [3.05, 3.63) is 151 Å². The molecule has 22 heteroatoms. The van der Waals surface area contributed by atoms with E-state index in [1.165, 1.54) is 41.6 Å². The Morgan fingerprint density at radius 1 is 0.667 bits per heavy atom. The molecule has 60 heavy (non-hydrogen) atoms. The Morgan fingerprint density at radius 3 is 1.62 bits per heavy atom. The number of amides is 2. The van der Waals surface area contributed by atoms with Crippen molar-refractivity contribution in [2.24, 2.45) is 0 Å². The van der Waals surface area contributed by atoms with Crippen LogP contribution in [0.15, 0.2) is 116 Å². The zero-order valence-electron chi connectivity index (χ0n) is 30.4. The van der Waals surface area contributed by atoms with Crippen LogP contribution in [0.1, 0.15) is 24.0 Å². The molecular weight excluding hydrogens is 851 g/mol. The number of carbonyl (C=O) groups excluding carboxylic acids is 2. The van der Waals surface area contributed by atoms with Crippen molar-refractivity contribution in [1.82, 2.24) is 54.2 Å². The molecular formula is C38H26Cl3F2N11O6. The fourth-order valence-electron chi connectivity index (χ4n) is 5.59. The van der Waals surface area contributed by atoms with Gasteiger partial charge in [0.2, 0.25) is 11.8 Å². The quantitative estimate of drug-likeness (QED) is 0.0944. The van der Waals surface area contributed by atoms with Gasteiger partial charge in [0.25, 0.3) is 11.1 Å². The number of halogens is 5. The van der Waals surface area contributed by atoms with Crippen LogP contribution in [-0.4, -0.2) is 66.0 Å². The molecule has 2 N–H and O–H groups in total. The van der Waals surface area contributed by atoms with Gasteiger partial charge in [-0.05, 0) is 24.3 Å². The Labute approximate surface area is 350 Å². The van der Waals surface area contributed by atoms with Gasteiger partial charge in [-0.3, -0.25) is 28.5 Å². The number of imide groups is 1. The zero-order valence-corrected chi connectivity index (χ0v) is 32.7. The number of carbonyl (C=O) groups is 2. The average molecular weight is 877 g/mol. The van der Waals surface area contributed by atoms with Crippen LogP contribution >= 0.6 is 35.0 Å². The van der Waals surface area contributed by atoms with Crippen LogP contribution < -0.4 is 11.1 Å². The van der Waals surface area contributed by atoms with E-state index >= 15 is 0 Å². The van der Waals surface area contributed by atoms with Crippen molar-refractivity contribution >= 4 is 46.8 Å². The maximum absolute atomic E-state index is 14.1. The number of rotatable bonds is 8. The summed E-state index contributed by atoms with van der Waals surface area (Å²) in [5.74, 6) is -0.817. The number of H-pyrrole nitrogens is 2. The van der Waals surface area contributed by atoms with Gasteiger partial charge >= 0.3 is 0 Å². The van der Waals surface area contributed by atoms with E-state index in [0.717, 1.165) is 0 Å². The molecule has 0 unspecified atom stereocenters. The maximum atomic E-state index is 14.1. The largest absolute Gasteiger partial charge is 0.364 e. The number of aromatic amines is 2. The van der Waals surface area contributed by atoms with Crippen molar-refractivity contribution < 1.29 is 27.4 Å². The van der Waals surface area contributed by atoms with Crippen LogP contribution in [0.5, 0.6) is 0 Å². The van der Waals surface area contributed by atoms with Gasteiger partial charge in [-0.15, -0.1) is 0 Å². The summed E-state index contributed by atoms with van der Waals surface area (Å²) in [5.41, 5.74) is 3.04. The molecule has 0 aliphatic carbocycles. The van der Waals surface area contributed by atoms with E-state index in [4.69, 9.17) is 44.0 Å². The summed E-state index contributed by atoms with van der Waals surface area (Å²) in [6, 6.07) is 20.8. The summed E-state index contributed by atoms with van der Waals surface area (Å²) in [6.45, 7) is 0.340. The Morgan fingerprint density at radius 2 is 1.18 bits per heavy atom. The van der Waals surface area contributed by atoms with Gasteiger partial charge in [-0.1, -0.05) is 69.9 Å². The molecule has 0 atom stereocenters. The molecule has 1 aliphatic heterocycles. The minimum Gasteiger partial charge on any atom is -0.364 e. The Hall–Kier alpha value is -7.09. The van der Waals surface area contributed by atoms with E-state index in [2.05, 4.69) is 40.4 Å². The molecule has 6 aromatic heterocycles. The first-order valence-electron chi connectivity index (χ1n) is 17.4. The summed E-state index contributed by atoms with van der Waals surface area (Å²) in [4.78, 5) is 57.4. The molecule has 7 heterocycles. The van der Waals surface area contributed by atoms with Crippen molar-refractivity contribution in [3.8, 4) is 45.8 Å². The first-order valence-corrected chi connectivity index (χ1v) is 18.5. The SMILES string of the molecule is O=C1CCC(=O)N1Cl.O=c1[nH]c(-c2cc(-c3ccon3)n(Cc3ccccc3F)n2)nc(Cl)c1Cl.O=c1ccnc(-c2cc(-c3ccon3)n(Cc3ccccc3F)n2)[nH]1. The second kappa shape index (κ2) is 18.2. The van der Waals surface area contributed by atoms with E-state index in [-0.39, 0.29) is 70.9 Å². The predicted octanol–water partition coefficient (Wildman–Crippen LogP) is 6.55. The number of benzene rings is 2. The van der Waals surface area contributed by atoms with Gasteiger partial charge in [0.1, 0.15) is 52.0 Å². The average Bonchev–Trinajstić information content (AvgIpc) is 4.10. The smallest absolute Gasteiger partial charge is 0.271 e. The lowest BCUT2D eigenvalue weighted by molar-refractivity contribution is -0.132. The fourth-order valence-corrected chi connectivity index (χ4v) is 6.01. The van der Waals surface area contributed by atoms with Crippen LogP contribution in [0.4, 0.5) is 8.78 Å². The first kappa shape index (κ1) is 41.1. The number of nitrogens with zero attached hydrogens (tertiary/aromatic N) is 9. The van der Waals surface area contributed by atoms with Crippen molar-refractivity contribution in [3.63, 3.8) is 0 Å². The molecule has 2 amide bonds. The Kier molecular flexibility index (Phi) is 12.5. The van der Waals surface area contributed by atoms with E-state index in [1.54, 1.807) is 65.3 Å². The third-order valence-electron chi connectivity index (χ3n) is 8.49. The summed E-state index contributed by atoms with van der Waals surface area (Å²) >= 11 is 16.8. The highest BCUT2D eigenvalue weighted by atomic mass is 35.5. The highest BCUT2D eigenvalue weighted by molar-refractivity contribution is 6.41. The summed E-state index contributed by atoms with van der Waals surface area (Å²) in [7, 11) is 0. The summed E-state index contributed by atoms with van der Waals surface area (Å²) in [6.07, 6.45) is 4.79. The Bertz CT molecular complexity index is 2900. The second-order valence-electron chi connectivity index (χ2n) is 12.5. The molecule has 1 saturated heterocycles. The lowest BCUT2D eigenvalue weighted by Crippen LogP contribution is -2.16. The number of hydrogen-bond donors (Lipinski definition) is 2. The van der Waals surface area contributed by atoms with Crippen LogP contribution in [0.2, 0.25) is 10.2 Å².